The van der Waals surface area contributed by atoms with E-state index in [1.807, 2.05) is 0 Å². The van der Waals surface area contributed by atoms with Gasteiger partial charge in [-0.15, -0.1) is 0 Å². The molecule has 0 bridgehead atoms. The van der Waals surface area contributed by atoms with E-state index in [0.717, 1.165) is 19.1 Å². The monoisotopic (exact) mass is 492 g/mol. The fourth-order valence-electron chi connectivity index (χ4n) is 3.76. The molecule has 11 heteroatoms. The first kappa shape index (κ1) is 23.0. The van der Waals surface area contributed by atoms with Crippen LogP contribution in [0, 0.1) is 5.82 Å². The number of halogens is 1. The lowest BCUT2D eigenvalue weighted by Crippen LogP contribution is -2.35. The minimum absolute atomic E-state index is 0.0737. The number of furan rings is 1. The molecule has 1 aromatic heterocycles. The lowest BCUT2D eigenvalue weighted by molar-refractivity contribution is 0.0964. The van der Waals surface area contributed by atoms with E-state index in [9.17, 15) is 26.0 Å². The van der Waals surface area contributed by atoms with E-state index in [1.165, 1.54) is 37.4 Å². The van der Waals surface area contributed by atoms with Gasteiger partial charge in [-0.1, -0.05) is 6.58 Å². The molecule has 174 valence electrons. The van der Waals surface area contributed by atoms with Gasteiger partial charge in [0.2, 0.25) is 10.0 Å². The summed E-state index contributed by atoms with van der Waals surface area (Å²) in [6, 6.07) is 8.25. The number of carbonyl (C=O) groups is 1. The number of hydrogen-bond donors (Lipinski definition) is 1. The Morgan fingerprint density at radius 3 is 2.33 bits per heavy atom. The van der Waals surface area contributed by atoms with E-state index >= 15 is 0 Å². The van der Waals surface area contributed by atoms with Crippen LogP contribution in [-0.4, -0.2) is 36.0 Å². The predicted octanol–water partition coefficient (Wildman–Crippen LogP) is 3.72. The molecule has 3 aromatic rings. The molecule has 33 heavy (non-hydrogen) atoms. The minimum atomic E-state index is -4.40. The number of amides is 1. The lowest BCUT2D eigenvalue weighted by atomic mass is 10.0. The fourth-order valence-corrected chi connectivity index (χ4v) is 6.53. The highest BCUT2D eigenvalue weighted by Gasteiger charge is 2.37. The lowest BCUT2D eigenvalue weighted by Gasteiger charge is -2.23. The van der Waals surface area contributed by atoms with Crippen molar-refractivity contribution in [3.8, 4) is 11.3 Å². The van der Waals surface area contributed by atoms with Crippen LogP contribution in [0.5, 0.6) is 0 Å². The number of benzene rings is 2. The van der Waals surface area contributed by atoms with Crippen LogP contribution in [0.3, 0.4) is 0 Å². The second-order valence-corrected chi connectivity index (χ2v) is 11.5. The molecular weight excluding hydrogens is 471 g/mol. The van der Waals surface area contributed by atoms with Crippen LogP contribution in [0.15, 0.2) is 52.8 Å². The van der Waals surface area contributed by atoms with Gasteiger partial charge >= 0.3 is 0 Å². The summed E-state index contributed by atoms with van der Waals surface area (Å²) in [5.74, 6) is -0.842. The number of hydrogen-bond acceptors (Lipinski definition) is 6. The van der Waals surface area contributed by atoms with Crippen LogP contribution in [0.1, 0.15) is 34.7 Å². The van der Waals surface area contributed by atoms with Gasteiger partial charge in [0.1, 0.15) is 17.2 Å². The van der Waals surface area contributed by atoms with E-state index in [2.05, 4.69) is 11.9 Å². The first-order valence-corrected chi connectivity index (χ1v) is 13.3. The second-order valence-electron chi connectivity index (χ2n) is 7.75. The summed E-state index contributed by atoms with van der Waals surface area (Å²) in [7, 11) is -7.20. The fraction of sp³-hybridized carbons (Fsp3) is 0.227. The Balaban J connectivity index is 2.07. The molecule has 0 atom stereocenters. The molecular formula is C22H21FN2O6S2. The zero-order valence-corrected chi connectivity index (χ0v) is 19.5. The zero-order chi connectivity index (χ0) is 24.1. The van der Waals surface area contributed by atoms with Gasteiger partial charge in [0, 0.05) is 29.5 Å². The van der Waals surface area contributed by atoms with Gasteiger partial charge in [-0.2, -0.15) is 3.71 Å². The highest BCUT2D eigenvalue weighted by molar-refractivity contribution is 8.11. The topological polar surface area (TPSA) is 114 Å². The van der Waals surface area contributed by atoms with Crippen molar-refractivity contribution in [1.82, 2.24) is 5.32 Å². The zero-order valence-electron chi connectivity index (χ0n) is 17.8. The molecule has 1 amide bonds. The molecule has 4 rings (SSSR count). The highest BCUT2D eigenvalue weighted by Crippen LogP contribution is 2.48. The van der Waals surface area contributed by atoms with E-state index < -0.39 is 31.8 Å². The van der Waals surface area contributed by atoms with Crippen molar-refractivity contribution in [3.05, 3.63) is 65.3 Å². The van der Waals surface area contributed by atoms with Crippen molar-refractivity contribution in [2.24, 2.45) is 0 Å². The molecule has 8 nitrogen and oxygen atoms in total. The van der Waals surface area contributed by atoms with Crippen LogP contribution >= 0.6 is 0 Å². The molecule has 1 heterocycles. The van der Waals surface area contributed by atoms with E-state index in [0.29, 0.717) is 25.6 Å². The number of nitrogens with one attached hydrogen (secondary N) is 1. The Morgan fingerprint density at radius 2 is 1.82 bits per heavy atom. The van der Waals surface area contributed by atoms with Crippen LogP contribution in [0.2, 0.25) is 0 Å². The Hall–Kier alpha value is -3.18. The van der Waals surface area contributed by atoms with Crippen molar-refractivity contribution in [2.75, 3.05) is 17.0 Å². The first-order chi connectivity index (χ1) is 15.5. The number of nitrogens with zero attached hydrogens (tertiary/aromatic N) is 1. The summed E-state index contributed by atoms with van der Waals surface area (Å²) in [5, 5.41) is 3.51. The molecule has 0 aliphatic heterocycles. The standard InChI is InChI=1S/C22H21FN2O6S2/c1-4-33(29,30)25(32(3,27)28)18-12-19-17(11-16(18)13-5-6-13)20(22(26)24-2)21(31-19)14-7-9-15(23)10-8-14/h4,7-13H,1,5-6H2,2-3H3,(H,24,26). The average molecular weight is 493 g/mol. The van der Waals surface area contributed by atoms with Gasteiger partial charge in [-0.25, -0.2) is 21.2 Å². The molecule has 1 saturated carbocycles. The maximum absolute atomic E-state index is 13.4. The third-order valence-corrected chi connectivity index (χ3v) is 8.67. The van der Waals surface area contributed by atoms with Gasteiger partial charge < -0.3 is 9.73 Å². The summed E-state index contributed by atoms with van der Waals surface area (Å²) in [6.45, 7) is 3.24. The van der Waals surface area contributed by atoms with Gasteiger partial charge in [0.25, 0.3) is 15.9 Å². The number of sulfonamides is 2. The number of anilines is 1. The Kier molecular flexibility index (Phi) is 5.57. The van der Waals surface area contributed by atoms with E-state index in [-0.39, 0.29) is 28.5 Å². The summed E-state index contributed by atoms with van der Waals surface area (Å²) >= 11 is 0. The molecule has 1 aliphatic rings. The molecule has 0 unspecified atom stereocenters. The molecule has 0 saturated heterocycles. The van der Waals surface area contributed by atoms with Crippen molar-refractivity contribution in [1.29, 1.82) is 0 Å². The third kappa shape index (κ3) is 4.13. The quantitative estimate of drug-likeness (QED) is 0.538. The van der Waals surface area contributed by atoms with Crippen LogP contribution < -0.4 is 9.03 Å². The second kappa shape index (κ2) is 7.99. The summed E-state index contributed by atoms with van der Waals surface area (Å²) < 4.78 is 70.1. The smallest absolute Gasteiger partial charge is 0.269 e. The largest absolute Gasteiger partial charge is 0.455 e. The normalized spacial score (nSPS) is 14.3. The molecule has 0 radical (unpaired) electrons. The van der Waals surface area contributed by atoms with Crippen molar-refractivity contribution in [2.45, 2.75) is 18.8 Å². The van der Waals surface area contributed by atoms with Gasteiger partial charge in [-0.3, -0.25) is 4.79 Å². The van der Waals surface area contributed by atoms with Gasteiger partial charge in [0.15, 0.2) is 0 Å². The average Bonchev–Trinajstić information content (AvgIpc) is 3.53. The SMILES string of the molecule is C=CS(=O)(=O)N(c1cc2oc(-c3ccc(F)cc3)c(C(=O)NC)c2cc1C1CC1)S(C)(=O)=O. The molecule has 1 aliphatic carbocycles. The third-order valence-electron chi connectivity index (χ3n) is 5.35. The number of fused-ring (bicyclic) bond motifs is 1. The Labute approximate surface area is 190 Å². The van der Waals surface area contributed by atoms with Crippen LogP contribution in [0.4, 0.5) is 10.1 Å². The van der Waals surface area contributed by atoms with Crippen molar-refractivity contribution < 1.29 is 30.4 Å². The van der Waals surface area contributed by atoms with Gasteiger partial charge in [0.05, 0.1) is 17.5 Å². The first-order valence-electron chi connectivity index (χ1n) is 9.94. The maximum atomic E-state index is 13.4. The van der Waals surface area contributed by atoms with Crippen LogP contribution in [0.25, 0.3) is 22.3 Å². The molecule has 2 aromatic carbocycles. The Bertz CT molecular complexity index is 1490. The van der Waals surface area contributed by atoms with Crippen molar-refractivity contribution in [3.63, 3.8) is 0 Å². The van der Waals surface area contributed by atoms with E-state index in [1.54, 1.807) is 6.07 Å². The highest BCUT2D eigenvalue weighted by atomic mass is 32.3. The predicted molar refractivity (Wildman–Crippen MR) is 123 cm³/mol. The summed E-state index contributed by atoms with van der Waals surface area (Å²) in [6.07, 6.45) is 2.27. The van der Waals surface area contributed by atoms with Crippen molar-refractivity contribution >= 4 is 42.6 Å². The Morgan fingerprint density at radius 1 is 1.18 bits per heavy atom. The molecule has 1 fully saturated rings. The molecule has 0 spiro atoms. The summed E-state index contributed by atoms with van der Waals surface area (Å²) in [4.78, 5) is 12.8. The maximum Gasteiger partial charge on any atom is 0.269 e. The van der Waals surface area contributed by atoms with Crippen LogP contribution in [-0.2, 0) is 20.0 Å². The minimum Gasteiger partial charge on any atom is -0.455 e. The molecule has 1 N–H and O–H groups in total. The van der Waals surface area contributed by atoms with Gasteiger partial charge in [-0.05, 0) is 54.7 Å². The number of carbonyl (C=O) groups excluding carboxylic acids is 1. The summed E-state index contributed by atoms with van der Waals surface area (Å²) in [5.41, 5.74) is 1.12. The number of rotatable bonds is 7. The van der Waals surface area contributed by atoms with E-state index in [4.69, 9.17) is 4.42 Å².